The van der Waals surface area contributed by atoms with Crippen LogP contribution in [0.3, 0.4) is 0 Å². The fraction of sp³-hybridized carbons (Fsp3) is 0.308. The van der Waals surface area contributed by atoms with Crippen LogP contribution in [0.5, 0.6) is 0 Å². The summed E-state index contributed by atoms with van der Waals surface area (Å²) in [6, 6.07) is 3.26. The van der Waals surface area contributed by atoms with E-state index in [4.69, 9.17) is 0 Å². The number of aromatic nitrogens is 2. The molecule has 0 spiro atoms. The Morgan fingerprint density at radius 3 is 2.63 bits per heavy atom. The summed E-state index contributed by atoms with van der Waals surface area (Å²) in [6.45, 7) is 2.64. The molecule has 1 unspecified atom stereocenters. The SMILES string of the molecule is CC(Cn1cccn1)NCc1cc(F)c(F)cc1F. The third-order valence-corrected chi connectivity index (χ3v) is 2.75. The molecule has 1 aromatic heterocycles. The van der Waals surface area contributed by atoms with Gasteiger partial charge in [0, 0.05) is 36.6 Å². The van der Waals surface area contributed by atoms with E-state index in [-0.39, 0.29) is 18.2 Å². The van der Waals surface area contributed by atoms with Crippen LogP contribution in [0.15, 0.2) is 30.6 Å². The molecule has 2 rings (SSSR count). The van der Waals surface area contributed by atoms with Gasteiger partial charge >= 0.3 is 0 Å². The second-order valence-electron chi connectivity index (χ2n) is 4.37. The number of nitrogens with zero attached hydrogens (tertiary/aromatic N) is 2. The molecule has 0 bridgehead atoms. The van der Waals surface area contributed by atoms with E-state index in [0.29, 0.717) is 12.6 Å². The molecule has 3 nitrogen and oxygen atoms in total. The molecular formula is C13H14F3N3. The molecule has 0 aliphatic carbocycles. The second kappa shape index (κ2) is 5.88. The minimum atomic E-state index is -1.18. The maximum atomic E-state index is 13.4. The van der Waals surface area contributed by atoms with E-state index in [2.05, 4.69) is 10.4 Å². The Hall–Kier alpha value is -1.82. The van der Waals surface area contributed by atoms with Gasteiger partial charge in [-0.15, -0.1) is 0 Å². The lowest BCUT2D eigenvalue weighted by Gasteiger charge is -2.14. The summed E-state index contributed by atoms with van der Waals surface area (Å²) >= 11 is 0. The quantitative estimate of drug-likeness (QED) is 0.845. The highest BCUT2D eigenvalue weighted by atomic mass is 19.2. The second-order valence-corrected chi connectivity index (χ2v) is 4.37. The normalized spacial score (nSPS) is 12.6. The summed E-state index contributed by atoms with van der Waals surface area (Å²) in [5.41, 5.74) is 0.103. The number of halogens is 3. The molecule has 0 saturated heterocycles. The number of hydrogen-bond acceptors (Lipinski definition) is 2. The van der Waals surface area contributed by atoms with Crippen molar-refractivity contribution in [2.45, 2.75) is 26.1 Å². The van der Waals surface area contributed by atoms with Gasteiger partial charge < -0.3 is 5.32 Å². The maximum Gasteiger partial charge on any atom is 0.161 e. The molecule has 1 atom stereocenters. The summed E-state index contributed by atoms with van der Waals surface area (Å²) < 4.78 is 40.9. The molecule has 1 aromatic carbocycles. The first kappa shape index (κ1) is 13.6. The molecule has 0 aliphatic heterocycles. The van der Waals surface area contributed by atoms with Gasteiger partial charge in [0.05, 0.1) is 6.54 Å². The monoisotopic (exact) mass is 269 g/mol. The van der Waals surface area contributed by atoms with E-state index in [1.807, 2.05) is 19.2 Å². The van der Waals surface area contributed by atoms with Gasteiger partial charge in [0.15, 0.2) is 11.6 Å². The van der Waals surface area contributed by atoms with Crippen molar-refractivity contribution in [3.8, 4) is 0 Å². The zero-order chi connectivity index (χ0) is 13.8. The van der Waals surface area contributed by atoms with Crippen LogP contribution in [0, 0.1) is 17.5 Å². The van der Waals surface area contributed by atoms with E-state index in [1.54, 1.807) is 10.9 Å². The van der Waals surface area contributed by atoms with Crippen molar-refractivity contribution >= 4 is 0 Å². The smallest absolute Gasteiger partial charge is 0.161 e. The van der Waals surface area contributed by atoms with Crippen molar-refractivity contribution < 1.29 is 13.2 Å². The fourth-order valence-corrected chi connectivity index (χ4v) is 1.74. The summed E-state index contributed by atoms with van der Waals surface area (Å²) in [7, 11) is 0. The van der Waals surface area contributed by atoms with Crippen molar-refractivity contribution in [1.29, 1.82) is 0 Å². The van der Waals surface area contributed by atoms with Gasteiger partial charge in [-0.1, -0.05) is 0 Å². The minimum absolute atomic E-state index is 0.0208. The van der Waals surface area contributed by atoms with Gasteiger partial charge in [-0.05, 0) is 19.1 Å². The van der Waals surface area contributed by atoms with Gasteiger partial charge in [-0.25, -0.2) is 13.2 Å². The number of rotatable bonds is 5. The maximum absolute atomic E-state index is 13.4. The molecule has 0 aliphatic rings. The Bertz CT molecular complexity index is 540. The molecule has 0 saturated carbocycles. The van der Waals surface area contributed by atoms with Crippen molar-refractivity contribution in [3.63, 3.8) is 0 Å². The zero-order valence-corrected chi connectivity index (χ0v) is 10.4. The van der Waals surface area contributed by atoms with Crippen molar-refractivity contribution in [2.24, 2.45) is 0 Å². The average Bonchev–Trinajstić information content (AvgIpc) is 2.85. The highest BCUT2D eigenvalue weighted by Crippen LogP contribution is 2.13. The minimum Gasteiger partial charge on any atom is -0.308 e. The number of benzene rings is 1. The molecule has 19 heavy (non-hydrogen) atoms. The summed E-state index contributed by atoms with van der Waals surface area (Å²) in [4.78, 5) is 0. The zero-order valence-electron chi connectivity index (χ0n) is 10.4. The molecule has 1 N–H and O–H groups in total. The number of hydrogen-bond donors (Lipinski definition) is 1. The molecular weight excluding hydrogens is 255 g/mol. The standard InChI is InChI=1S/C13H14F3N3/c1-9(8-19-4-2-3-18-19)17-7-10-5-12(15)13(16)6-11(10)14/h2-6,9,17H,7-8H2,1H3. The number of nitrogens with one attached hydrogen (secondary N) is 1. The summed E-state index contributed by atoms with van der Waals surface area (Å²) in [5, 5.41) is 7.08. The van der Waals surface area contributed by atoms with Gasteiger partial charge in [0.2, 0.25) is 0 Å². The molecule has 1 heterocycles. The topological polar surface area (TPSA) is 29.9 Å². The molecule has 0 fully saturated rings. The third-order valence-electron chi connectivity index (χ3n) is 2.75. The molecule has 0 amide bonds. The predicted octanol–water partition coefficient (Wildman–Crippen LogP) is 2.48. The van der Waals surface area contributed by atoms with Crippen LogP contribution in [-0.4, -0.2) is 15.8 Å². The van der Waals surface area contributed by atoms with Crippen molar-refractivity contribution in [3.05, 3.63) is 53.6 Å². The Morgan fingerprint density at radius 1 is 1.21 bits per heavy atom. The molecule has 2 aromatic rings. The van der Waals surface area contributed by atoms with Crippen molar-refractivity contribution in [1.82, 2.24) is 15.1 Å². The van der Waals surface area contributed by atoms with Crippen LogP contribution in [-0.2, 0) is 13.1 Å². The highest BCUT2D eigenvalue weighted by Gasteiger charge is 2.11. The van der Waals surface area contributed by atoms with Crippen LogP contribution >= 0.6 is 0 Å². The van der Waals surface area contributed by atoms with Crippen LogP contribution in [0.25, 0.3) is 0 Å². The summed E-state index contributed by atoms with van der Waals surface area (Å²) in [6.07, 6.45) is 3.48. The molecule has 0 radical (unpaired) electrons. The lowest BCUT2D eigenvalue weighted by atomic mass is 10.2. The highest BCUT2D eigenvalue weighted by molar-refractivity contribution is 5.19. The lowest BCUT2D eigenvalue weighted by Crippen LogP contribution is -2.30. The first-order chi connectivity index (χ1) is 9.06. The van der Waals surface area contributed by atoms with Crippen molar-refractivity contribution in [2.75, 3.05) is 0 Å². The Balaban J connectivity index is 1.93. The lowest BCUT2D eigenvalue weighted by molar-refractivity contribution is 0.440. The first-order valence-corrected chi connectivity index (χ1v) is 5.90. The van der Waals surface area contributed by atoms with Crippen LogP contribution in [0.2, 0.25) is 0 Å². The van der Waals surface area contributed by atoms with Gasteiger partial charge in [-0.2, -0.15) is 5.10 Å². The first-order valence-electron chi connectivity index (χ1n) is 5.90. The Labute approximate surface area is 109 Å². The van der Waals surface area contributed by atoms with E-state index >= 15 is 0 Å². The Morgan fingerprint density at radius 2 is 1.95 bits per heavy atom. The van der Waals surface area contributed by atoms with E-state index < -0.39 is 17.5 Å². The van der Waals surface area contributed by atoms with E-state index in [9.17, 15) is 13.2 Å². The van der Waals surface area contributed by atoms with E-state index in [1.165, 1.54) is 0 Å². The van der Waals surface area contributed by atoms with Crippen LogP contribution in [0.4, 0.5) is 13.2 Å². The predicted molar refractivity (Wildman–Crippen MR) is 64.8 cm³/mol. The molecule has 102 valence electrons. The van der Waals surface area contributed by atoms with Gasteiger partial charge in [-0.3, -0.25) is 4.68 Å². The Kier molecular flexibility index (Phi) is 4.21. The largest absolute Gasteiger partial charge is 0.308 e. The molecule has 6 heteroatoms. The fourth-order valence-electron chi connectivity index (χ4n) is 1.74. The third kappa shape index (κ3) is 3.57. The summed E-state index contributed by atoms with van der Waals surface area (Å²) in [5.74, 6) is -2.97. The van der Waals surface area contributed by atoms with E-state index in [0.717, 1.165) is 6.07 Å². The van der Waals surface area contributed by atoms with Gasteiger partial charge in [0.25, 0.3) is 0 Å². The van der Waals surface area contributed by atoms with Crippen LogP contribution in [0.1, 0.15) is 12.5 Å². The average molecular weight is 269 g/mol. The van der Waals surface area contributed by atoms with Gasteiger partial charge in [0.1, 0.15) is 5.82 Å². The van der Waals surface area contributed by atoms with Crippen LogP contribution < -0.4 is 5.32 Å².